The smallest absolute Gasteiger partial charge is 0.237 e. The minimum absolute atomic E-state index is 0.0414. The van der Waals surface area contributed by atoms with E-state index >= 15 is 0 Å². The molecule has 1 heterocycles. The van der Waals surface area contributed by atoms with Gasteiger partial charge in [0.2, 0.25) is 5.91 Å². The van der Waals surface area contributed by atoms with E-state index in [0.717, 1.165) is 19.4 Å². The van der Waals surface area contributed by atoms with Gasteiger partial charge in [0.25, 0.3) is 0 Å². The molecule has 10 heavy (non-hydrogen) atoms. The molecule has 0 unspecified atom stereocenters. The topological polar surface area (TPSA) is 55.1 Å². The lowest BCUT2D eigenvalue weighted by atomic mass is 9.66. The fourth-order valence-electron chi connectivity index (χ4n) is 1.88. The van der Waals surface area contributed by atoms with Crippen LogP contribution in [0, 0.1) is 5.41 Å². The highest BCUT2D eigenvalue weighted by atomic mass is 16.2. The van der Waals surface area contributed by atoms with Crippen LogP contribution in [-0.4, -0.2) is 18.5 Å². The Morgan fingerprint density at radius 3 is 2.50 bits per heavy atom. The van der Waals surface area contributed by atoms with Crippen LogP contribution >= 0.6 is 0 Å². The van der Waals surface area contributed by atoms with Crippen LogP contribution in [0.2, 0.25) is 0 Å². The highest BCUT2D eigenvalue weighted by Gasteiger charge is 2.49. The summed E-state index contributed by atoms with van der Waals surface area (Å²) in [5.74, 6) is 0.0414. The molecule has 1 aliphatic carbocycles. The van der Waals surface area contributed by atoms with Gasteiger partial charge in [-0.25, -0.2) is 0 Å². The van der Waals surface area contributed by atoms with Crippen molar-refractivity contribution in [1.82, 2.24) is 5.32 Å². The van der Waals surface area contributed by atoms with Crippen LogP contribution in [-0.2, 0) is 4.79 Å². The summed E-state index contributed by atoms with van der Waals surface area (Å²) in [4.78, 5) is 10.9. The fraction of sp³-hybridized carbons (Fsp3) is 0.857. The van der Waals surface area contributed by atoms with Crippen molar-refractivity contribution in [3.63, 3.8) is 0 Å². The van der Waals surface area contributed by atoms with Gasteiger partial charge in [-0.2, -0.15) is 0 Å². The first-order valence-corrected chi connectivity index (χ1v) is 3.78. The molecule has 3 N–H and O–H groups in total. The van der Waals surface area contributed by atoms with Crippen LogP contribution in [0.4, 0.5) is 0 Å². The molecule has 2 aliphatic rings. The number of carbonyl (C=O) groups is 1. The van der Waals surface area contributed by atoms with Gasteiger partial charge in [-0.1, -0.05) is 6.42 Å². The summed E-state index contributed by atoms with van der Waals surface area (Å²) in [5, 5.41) is 2.80. The van der Waals surface area contributed by atoms with Crippen molar-refractivity contribution in [3.05, 3.63) is 0 Å². The fourth-order valence-corrected chi connectivity index (χ4v) is 1.88. The van der Waals surface area contributed by atoms with Crippen LogP contribution < -0.4 is 11.1 Å². The Bertz CT molecular complexity index is 174. The Hall–Kier alpha value is -0.570. The predicted octanol–water partition coefficient (Wildman–Crippen LogP) is -0.386. The summed E-state index contributed by atoms with van der Waals surface area (Å²) in [6.07, 6.45) is 3.50. The predicted molar refractivity (Wildman–Crippen MR) is 37.3 cm³/mol. The van der Waals surface area contributed by atoms with Crippen molar-refractivity contribution in [2.24, 2.45) is 11.1 Å². The van der Waals surface area contributed by atoms with Gasteiger partial charge in [0.05, 0.1) is 6.04 Å². The largest absolute Gasteiger partial charge is 0.354 e. The minimum Gasteiger partial charge on any atom is -0.354 e. The Morgan fingerprint density at radius 1 is 1.60 bits per heavy atom. The summed E-state index contributed by atoms with van der Waals surface area (Å²) < 4.78 is 0. The number of amides is 1. The molecule has 1 spiro atoms. The molecule has 56 valence electrons. The number of nitrogens with one attached hydrogen (secondary N) is 1. The van der Waals surface area contributed by atoms with E-state index in [-0.39, 0.29) is 17.4 Å². The molecule has 0 aromatic carbocycles. The first kappa shape index (κ1) is 6.16. The van der Waals surface area contributed by atoms with Crippen molar-refractivity contribution >= 4 is 5.91 Å². The number of nitrogens with two attached hydrogens (primary N) is 1. The molecule has 0 aromatic heterocycles. The highest BCUT2D eigenvalue weighted by molar-refractivity contribution is 5.85. The van der Waals surface area contributed by atoms with E-state index in [1.54, 1.807) is 0 Å². The summed E-state index contributed by atoms with van der Waals surface area (Å²) in [7, 11) is 0. The molecule has 1 atom stereocenters. The van der Waals surface area contributed by atoms with Gasteiger partial charge < -0.3 is 11.1 Å². The Morgan fingerprint density at radius 2 is 2.30 bits per heavy atom. The molecule has 3 heteroatoms. The van der Waals surface area contributed by atoms with Gasteiger partial charge in [-0.3, -0.25) is 4.79 Å². The molecule has 1 saturated carbocycles. The third-order valence-corrected chi connectivity index (χ3v) is 2.91. The van der Waals surface area contributed by atoms with Crippen molar-refractivity contribution in [3.8, 4) is 0 Å². The third-order valence-electron chi connectivity index (χ3n) is 2.91. The van der Waals surface area contributed by atoms with Gasteiger partial charge in [0.15, 0.2) is 0 Å². The third kappa shape index (κ3) is 0.560. The molecule has 2 fully saturated rings. The van der Waals surface area contributed by atoms with Crippen molar-refractivity contribution in [1.29, 1.82) is 0 Å². The first-order valence-electron chi connectivity index (χ1n) is 3.78. The van der Waals surface area contributed by atoms with Crippen molar-refractivity contribution < 1.29 is 4.79 Å². The van der Waals surface area contributed by atoms with Gasteiger partial charge in [0.1, 0.15) is 0 Å². The lowest BCUT2D eigenvalue weighted by Gasteiger charge is -2.39. The van der Waals surface area contributed by atoms with Crippen molar-refractivity contribution in [2.45, 2.75) is 25.3 Å². The number of rotatable bonds is 0. The standard InChI is InChI=1S/C7H12N2O/c8-5-6(10)9-4-7(5)2-1-3-7/h5H,1-4,8H2,(H,9,10)/t5-/m0/s1. The molecule has 0 bridgehead atoms. The van der Waals surface area contributed by atoms with Crippen LogP contribution in [0.5, 0.6) is 0 Å². The first-order chi connectivity index (χ1) is 4.75. The van der Waals surface area contributed by atoms with Gasteiger partial charge in [0, 0.05) is 12.0 Å². The number of hydrogen-bond donors (Lipinski definition) is 2. The molecule has 0 radical (unpaired) electrons. The summed E-state index contributed by atoms with van der Waals surface area (Å²) >= 11 is 0. The molecular weight excluding hydrogens is 128 g/mol. The zero-order chi connectivity index (χ0) is 7.19. The maximum absolute atomic E-state index is 10.9. The molecule has 1 amide bonds. The molecule has 2 rings (SSSR count). The number of hydrogen-bond acceptors (Lipinski definition) is 2. The Kier molecular flexibility index (Phi) is 1.06. The second kappa shape index (κ2) is 1.72. The lowest BCUT2D eigenvalue weighted by Crippen LogP contribution is -2.47. The quantitative estimate of drug-likeness (QED) is 0.481. The Labute approximate surface area is 60.0 Å². The van der Waals surface area contributed by atoms with E-state index in [9.17, 15) is 4.79 Å². The molecule has 1 aliphatic heterocycles. The van der Waals surface area contributed by atoms with Crippen LogP contribution in [0.1, 0.15) is 19.3 Å². The summed E-state index contributed by atoms with van der Waals surface area (Å²) in [6.45, 7) is 0.812. The lowest BCUT2D eigenvalue weighted by molar-refractivity contribution is -0.121. The minimum atomic E-state index is -0.221. The number of carbonyl (C=O) groups excluding carboxylic acids is 1. The van der Waals surface area contributed by atoms with Crippen LogP contribution in [0.15, 0.2) is 0 Å². The molecular formula is C7H12N2O. The van der Waals surface area contributed by atoms with E-state index in [1.807, 2.05) is 0 Å². The molecule has 3 nitrogen and oxygen atoms in total. The van der Waals surface area contributed by atoms with Gasteiger partial charge in [-0.05, 0) is 12.8 Å². The normalized spacial score (nSPS) is 35.7. The van der Waals surface area contributed by atoms with E-state index in [0.29, 0.717) is 0 Å². The second-order valence-corrected chi connectivity index (χ2v) is 3.41. The van der Waals surface area contributed by atoms with Gasteiger partial charge >= 0.3 is 0 Å². The van der Waals surface area contributed by atoms with E-state index < -0.39 is 0 Å². The molecule has 1 saturated heterocycles. The maximum atomic E-state index is 10.9. The van der Waals surface area contributed by atoms with Gasteiger partial charge in [-0.15, -0.1) is 0 Å². The monoisotopic (exact) mass is 140 g/mol. The van der Waals surface area contributed by atoms with E-state index in [2.05, 4.69) is 5.32 Å². The van der Waals surface area contributed by atoms with E-state index in [1.165, 1.54) is 6.42 Å². The average Bonchev–Trinajstić information content (AvgIpc) is 2.10. The SMILES string of the molecule is N[C@H]1C(=O)NCC12CCC2. The zero-order valence-electron chi connectivity index (χ0n) is 5.89. The van der Waals surface area contributed by atoms with Crippen molar-refractivity contribution in [2.75, 3.05) is 6.54 Å². The van der Waals surface area contributed by atoms with Crippen LogP contribution in [0.25, 0.3) is 0 Å². The summed E-state index contributed by atoms with van der Waals surface area (Å²) in [5.41, 5.74) is 5.87. The zero-order valence-corrected chi connectivity index (χ0v) is 5.89. The maximum Gasteiger partial charge on any atom is 0.237 e. The Balaban J connectivity index is 2.17. The highest BCUT2D eigenvalue weighted by Crippen LogP contribution is 2.44. The summed E-state index contributed by atoms with van der Waals surface area (Å²) in [6, 6.07) is -0.221. The van der Waals surface area contributed by atoms with E-state index in [4.69, 9.17) is 5.73 Å². The second-order valence-electron chi connectivity index (χ2n) is 3.41. The average molecular weight is 140 g/mol. The van der Waals surface area contributed by atoms with Crippen LogP contribution in [0.3, 0.4) is 0 Å². The molecule has 0 aromatic rings.